The Morgan fingerprint density at radius 2 is 1.50 bits per heavy atom. The summed E-state index contributed by atoms with van der Waals surface area (Å²) >= 11 is 0. The van der Waals surface area contributed by atoms with Crippen molar-refractivity contribution in [3.63, 3.8) is 0 Å². The van der Waals surface area contributed by atoms with Crippen molar-refractivity contribution >= 4 is 12.2 Å². The first-order chi connectivity index (χ1) is 11.2. The van der Waals surface area contributed by atoms with E-state index in [1.54, 1.807) is 27.7 Å². The monoisotopic (exact) mass is 326 g/mol. The number of benzene rings is 2. The maximum absolute atomic E-state index is 10.6. The fourth-order valence-corrected chi connectivity index (χ4v) is 2.66. The maximum atomic E-state index is 10.6. The van der Waals surface area contributed by atoms with E-state index in [-0.39, 0.29) is 11.5 Å². The van der Waals surface area contributed by atoms with Crippen molar-refractivity contribution in [3.05, 3.63) is 58.1 Å². The molecule has 0 saturated heterocycles. The molecule has 0 saturated carbocycles. The lowest BCUT2D eigenvalue weighted by atomic mass is 9.90. The Morgan fingerprint density at radius 3 is 2.08 bits per heavy atom. The molecule has 0 spiro atoms. The molecule has 0 radical (unpaired) electrons. The lowest BCUT2D eigenvalue weighted by molar-refractivity contribution is 0.0712. The molecule has 2 aromatic rings. The number of phenols is 2. The minimum absolute atomic E-state index is 0.184. The molecule has 0 atom stereocenters. The minimum Gasteiger partial charge on any atom is -0.507 e. The topological polar surface area (TPSA) is 60.7 Å². The van der Waals surface area contributed by atoms with Crippen LogP contribution in [0, 0.1) is 13.8 Å². The second-order valence-corrected chi connectivity index (χ2v) is 6.90. The standard InChI is InChI=1S/C21H26O3/c1-14-15(2)20(23)18(12-13-21(3,4)24)17(19(14)22)11-10-16-8-6-5-7-9-16/h5-11,22-24H,12-13H2,1-4H3. The molecule has 0 heterocycles. The molecule has 0 aliphatic carbocycles. The van der Waals surface area contributed by atoms with E-state index in [4.69, 9.17) is 0 Å². The second kappa shape index (κ2) is 7.10. The van der Waals surface area contributed by atoms with E-state index < -0.39 is 5.60 Å². The predicted octanol–water partition coefficient (Wildman–Crippen LogP) is 4.59. The van der Waals surface area contributed by atoms with Crippen LogP contribution >= 0.6 is 0 Å². The highest BCUT2D eigenvalue weighted by Crippen LogP contribution is 2.39. The van der Waals surface area contributed by atoms with Gasteiger partial charge in [-0.2, -0.15) is 0 Å². The summed E-state index contributed by atoms with van der Waals surface area (Å²) < 4.78 is 0. The molecule has 0 unspecified atom stereocenters. The smallest absolute Gasteiger partial charge is 0.126 e. The summed E-state index contributed by atoms with van der Waals surface area (Å²) in [5, 5.41) is 31.1. The van der Waals surface area contributed by atoms with Crippen LogP contribution in [0.2, 0.25) is 0 Å². The largest absolute Gasteiger partial charge is 0.507 e. The number of phenolic OH excluding ortho intramolecular Hbond substituents is 2. The van der Waals surface area contributed by atoms with Gasteiger partial charge in [0.2, 0.25) is 0 Å². The van der Waals surface area contributed by atoms with Crippen molar-refractivity contribution in [2.24, 2.45) is 0 Å². The zero-order valence-electron chi connectivity index (χ0n) is 14.8. The lowest BCUT2D eigenvalue weighted by Gasteiger charge is -2.20. The van der Waals surface area contributed by atoms with E-state index in [9.17, 15) is 15.3 Å². The van der Waals surface area contributed by atoms with Gasteiger partial charge in [-0.3, -0.25) is 0 Å². The average molecular weight is 326 g/mol. The third-order valence-electron chi connectivity index (χ3n) is 4.37. The van der Waals surface area contributed by atoms with Crippen molar-refractivity contribution in [2.75, 3.05) is 0 Å². The second-order valence-electron chi connectivity index (χ2n) is 6.90. The summed E-state index contributed by atoms with van der Waals surface area (Å²) in [6, 6.07) is 9.81. The zero-order chi connectivity index (χ0) is 17.9. The number of hydrogen-bond acceptors (Lipinski definition) is 3. The quantitative estimate of drug-likeness (QED) is 0.556. The molecule has 0 aliphatic heterocycles. The van der Waals surface area contributed by atoms with Gasteiger partial charge in [-0.05, 0) is 57.2 Å². The summed E-state index contributed by atoms with van der Waals surface area (Å²) in [6.07, 6.45) is 4.72. The predicted molar refractivity (Wildman–Crippen MR) is 99.2 cm³/mol. The maximum Gasteiger partial charge on any atom is 0.126 e. The van der Waals surface area contributed by atoms with E-state index >= 15 is 0 Å². The highest BCUT2D eigenvalue weighted by molar-refractivity contribution is 5.77. The number of aromatic hydroxyl groups is 2. The van der Waals surface area contributed by atoms with E-state index in [0.717, 1.165) is 5.56 Å². The molecule has 2 aromatic carbocycles. The average Bonchev–Trinajstić information content (AvgIpc) is 2.54. The fourth-order valence-electron chi connectivity index (χ4n) is 2.66. The number of hydrogen-bond donors (Lipinski definition) is 3. The molecule has 3 heteroatoms. The van der Waals surface area contributed by atoms with Gasteiger partial charge in [0.05, 0.1) is 5.60 Å². The third kappa shape index (κ3) is 4.18. The highest BCUT2D eigenvalue weighted by atomic mass is 16.3. The fraction of sp³-hybridized carbons (Fsp3) is 0.333. The van der Waals surface area contributed by atoms with Crippen molar-refractivity contribution in [1.82, 2.24) is 0 Å². The number of aliphatic hydroxyl groups is 1. The SMILES string of the molecule is Cc1c(C)c(O)c(CCC(C)(C)O)c(C=Cc2ccccc2)c1O. The first kappa shape index (κ1) is 18.1. The minimum atomic E-state index is -0.832. The highest BCUT2D eigenvalue weighted by Gasteiger charge is 2.20. The first-order valence-electron chi connectivity index (χ1n) is 8.20. The Bertz CT molecular complexity index is 738. The Kier molecular flexibility index (Phi) is 5.35. The van der Waals surface area contributed by atoms with E-state index in [2.05, 4.69) is 0 Å². The molecular weight excluding hydrogens is 300 g/mol. The van der Waals surface area contributed by atoms with Crippen LogP contribution in [0.1, 0.15) is 48.1 Å². The molecule has 2 rings (SSSR count). The van der Waals surface area contributed by atoms with Crippen LogP contribution in [0.5, 0.6) is 11.5 Å². The van der Waals surface area contributed by atoms with Gasteiger partial charge in [-0.15, -0.1) is 0 Å². The summed E-state index contributed by atoms with van der Waals surface area (Å²) in [5.74, 6) is 0.380. The molecule has 128 valence electrons. The van der Waals surface area contributed by atoms with Crippen molar-refractivity contribution in [2.45, 2.75) is 46.1 Å². The van der Waals surface area contributed by atoms with Gasteiger partial charge in [0, 0.05) is 11.1 Å². The Labute approximate surface area is 143 Å². The molecule has 0 aliphatic rings. The summed E-state index contributed by atoms with van der Waals surface area (Å²) in [7, 11) is 0. The van der Waals surface area contributed by atoms with Crippen LogP contribution in [0.4, 0.5) is 0 Å². The molecular formula is C21H26O3. The van der Waals surface area contributed by atoms with Crippen molar-refractivity contribution in [3.8, 4) is 11.5 Å². The van der Waals surface area contributed by atoms with Crippen LogP contribution in [0.15, 0.2) is 30.3 Å². The van der Waals surface area contributed by atoms with Gasteiger partial charge in [0.15, 0.2) is 0 Å². The van der Waals surface area contributed by atoms with Gasteiger partial charge >= 0.3 is 0 Å². The van der Waals surface area contributed by atoms with Gasteiger partial charge in [-0.25, -0.2) is 0 Å². The van der Waals surface area contributed by atoms with Gasteiger partial charge < -0.3 is 15.3 Å². The Balaban J connectivity index is 2.49. The van der Waals surface area contributed by atoms with E-state index in [0.29, 0.717) is 35.1 Å². The Morgan fingerprint density at radius 1 is 0.917 bits per heavy atom. The molecule has 3 nitrogen and oxygen atoms in total. The Hall–Kier alpha value is -2.26. The molecule has 0 aromatic heterocycles. The van der Waals surface area contributed by atoms with Crippen LogP contribution in [-0.2, 0) is 6.42 Å². The van der Waals surface area contributed by atoms with Crippen LogP contribution in [0.25, 0.3) is 12.2 Å². The third-order valence-corrected chi connectivity index (χ3v) is 4.37. The summed E-state index contributed by atoms with van der Waals surface area (Å²) in [6.45, 7) is 7.07. The first-order valence-corrected chi connectivity index (χ1v) is 8.20. The van der Waals surface area contributed by atoms with Gasteiger partial charge in [-0.1, -0.05) is 42.5 Å². The summed E-state index contributed by atoms with van der Waals surface area (Å²) in [4.78, 5) is 0. The normalized spacial score (nSPS) is 12.0. The molecule has 3 N–H and O–H groups in total. The van der Waals surface area contributed by atoms with Crippen molar-refractivity contribution in [1.29, 1.82) is 0 Å². The molecule has 0 bridgehead atoms. The zero-order valence-corrected chi connectivity index (χ0v) is 14.8. The van der Waals surface area contributed by atoms with E-state index in [1.807, 2.05) is 42.5 Å². The van der Waals surface area contributed by atoms with Crippen LogP contribution in [-0.4, -0.2) is 20.9 Å². The van der Waals surface area contributed by atoms with Crippen LogP contribution in [0.3, 0.4) is 0 Å². The van der Waals surface area contributed by atoms with E-state index in [1.165, 1.54) is 0 Å². The van der Waals surface area contributed by atoms with Gasteiger partial charge in [0.1, 0.15) is 11.5 Å². The molecule has 0 fully saturated rings. The van der Waals surface area contributed by atoms with Crippen LogP contribution < -0.4 is 0 Å². The molecule has 24 heavy (non-hydrogen) atoms. The lowest BCUT2D eigenvalue weighted by Crippen LogP contribution is -2.19. The number of rotatable bonds is 5. The van der Waals surface area contributed by atoms with Gasteiger partial charge in [0.25, 0.3) is 0 Å². The van der Waals surface area contributed by atoms with Crippen molar-refractivity contribution < 1.29 is 15.3 Å². The summed E-state index contributed by atoms with van der Waals surface area (Å²) in [5.41, 5.74) is 2.82. The molecule has 0 amide bonds.